The molecule has 0 aromatic carbocycles. The van der Waals surface area contributed by atoms with Crippen molar-refractivity contribution in [1.82, 2.24) is 9.55 Å². The Bertz CT molecular complexity index is 241. The Morgan fingerprint density at radius 3 is 2.92 bits per heavy atom. The molecule has 13 heavy (non-hydrogen) atoms. The van der Waals surface area contributed by atoms with Gasteiger partial charge in [0, 0.05) is 31.8 Å². The van der Waals surface area contributed by atoms with Gasteiger partial charge in [-0.05, 0) is 6.42 Å². The molecule has 1 aromatic rings. The predicted octanol–water partition coefficient (Wildman–Crippen LogP) is 2.03. The van der Waals surface area contributed by atoms with Crippen LogP contribution in [-0.2, 0) is 11.3 Å². The lowest BCUT2D eigenvalue weighted by atomic mass is 10.1. The quantitative estimate of drug-likeness (QED) is 0.671. The number of hydrogen-bond acceptors (Lipinski definition) is 2. The molecule has 3 nitrogen and oxygen atoms in total. The second-order valence-corrected chi connectivity index (χ2v) is 3.19. The maximum atomic E-state index is 11.3. The van der Waals surface area contributed by atoms with Gasteiger partial charge >= 0.3 is 0 Å². The zero-order chi connectivity index (χ0) is 9.52. The molecule has 0 N–H and O–H groups in total. The zero-order valence-electron chi connectivity index (χ0n) is 8.07. The summed E-state index contributed by atoms with van der Waals surface area (Å²) < 4.78 is 1.93. The van der Waals surface area contributed by atoms with E-state index in [1.54, 1.807) is 12.5 Å². The summed E-state index contributed by atoms with van der Waals surface area (Å²) in [4.78, 5) is 15.2. The number of rotatable bonds is 6. The third-order valence-corrected chi connectivity index (χ3v) is 2.02. The van der Waals surface area contributed by atoms with Crippen LogP contribution in [0.25, 0.3) is 0 Å². The monoisotopic (exact) mass is 180 g/mol. The molecule has 0 aliphatic rings. The number of Topliss-reactive ketones (excluding diaryl/α,β-unsaturated/α-hetero) is 1. The van der Waals surface area contributed by atoms with Crippen LogP contribution < -0.4 is 0 Å². The number of aryl methyl sites for hydroxylation is 1. The number of carbonyl (C=O) groups excluding carboxylic acids is 1. The minimum absolute atomic E-state index is 0.357. The fourth-order valence-corrected chi connectivity index (χ4v) is 1.17. The fraction of sp³-hybridized carbons (Fsp3) is 0.600. The molecular formula is C10H16N2O. The molecule has 0 unspecified atom stereocenters. The van der Waals surface area contributed by atoms with Crippen LogP contribution >= 0.6 is 0 Å². The molecule has 3 heteroatoms. The molecule has 0 spiro atoms. The van der Waals surface area contributed by atoms with Crippen LogP contribution in [0.15, 0.2) is 18.7 Å². The third kappa shape index (κ3) is 3.87. The molecule has 0 radical (unpaired) electrons. The van der Waals surface area contributed by atoms with Gasteiger partial charge in [0.05, 0.1) is 6.33 Å². The van der Waals surface area contributed by atoms with Crippen molar-refractivity contribution in [2.75, 3.05) is 0 Å². The van der Waals surface area contributed by atoms with Gasteiger partial charge in [0.25, 0.3) is 0 Å². The van der Waals surface area contributed by atoms with Gasteiger partial charge in [-0.3, -0.25) is 4.79 Å². The molecule has 0 bridgehead atoms. The van der Waals surface area contributed by atoms with Crippen LogP contribution in [0.1, 0.15) is 32.6 Å². The van der Waals surface area contributed by atoms with Crippen molar-refractivity contribution in [2.45, 2.75) is 39.2 Å². The summed E-state index contributed by atoms with van der Waals surface area (Å²) >= 11 is 0. The van der Waals surface area contributed by atoms with Gasteiger partial charge < -0.3 is 4.57 Å². The minimum atomic E-state index is 0.357. The summed E-state index contributed by atoms with van der Waals surface area (Å²) in [5.41, 5.74) is 0. The molecule has 0 saturated heterocycles. The number of ketones is 1. The number of carbonyl (C=O) groups is 1. The smallest absolute Gasteiger partial charge is 0.134 e. The molecule has 0 saturated carbocycles. The van der Waals surface area contributed by atoms with E-state index in [-0.39, 0.29) is 0 Å². The lowest BCUT2D eigenvalue weighted by Crippen LogP contribution is -2.03. The molecule has 0 aliphatic heterocycles. The molecule has 0 amide bonds. The molecule has 1 heterocycles. The first-order chi connectivity index (χ1) is 6.33. The summed E-state index contributed by atoms with van der Waals surface area (Å²) in [7, 11) is 0. The first-order valence-corrected chi connectivity index (χ1v) is 4.80. The summed E-state index contributed by atoms with van der Waals surface area (Å²) in [6.45, 7) is 2.87. The topological polar surface area (TPSA) is 34.9 Å². The van der Waals surface area contributed by atoms with Gasteiger partial charge in [0.1, 0.15) is 5.78 Å². The minimum Gasteiger partial charge on any atom is -0.337 e. The average Bonchev–Trinajstić information content (AvgIpc) is 2.64. The van der Waals surface area contributed by atoms with E-state index in [4.69, 9.17) is 0 Å². The Labute approximate surface area is 78.8 Å². The maximum Gasteiger partial charge on any atom is 0.134 e. The fourth-order valence-electron chi connectivity index (χ4n) is 1.17. The number of hydrogen-bond donors (Lipinski definition) is 0. The first-order valence-electron chi connectivity index (χ1n) is 4.80. The Hall–Kier alpha value is -1.12. The van der Waals surface area contributed by atoms with Crippen LogP contribution in [0.3, 0.4) is 0 Å². The molecule has 1 rings (SSSR count). The molecule has 1 aromatic heterocycles. The second-order valence-electron chi connectivity index (χ2n) is 3.19. The highest BCUT2D eigenvalue weighted by molar-refractivity contribution is 5.78. The van der Waals surface area contributed by atoms with Crippen LogP contribution in [0.4, 0.5) is 0 Å². The van der Waals surface area contributed by atoms with E-state index in [2.05, 4.69) is 11.9 Å². The van der Waals surface area contributed by atoms with Crippen molar-refractivity contribution in [3.8, 4) is 0 Å². The van der Waals surface area contributed by atoms with Crippen LogP contribution in [-0.4, -0.2) is 15.3 Å². The standard InChI is InChI=1S/C10H16N2O/c1-2-3-4-10(13)5-7-12-8-6-11-9-12/h6,8-9H,2-5,7H2,1H3. The van der Waals surface area contributed by atoms with Crippen LogP contribution in [0, 0.1) is 0 Å². The van der Waals surface area contributed by atoms with Crippen molar-refractivity contribution in [3.05, 3.63) is 18.7 Å². The van der Waals surface area contributed by atoms with Crippen molar-refractivity contribution in [3.63, 3.8) is 0 Å². The highest BCUT2D eigenvalue weighted by Crippen LogP contribution is 2.00. The van der Waals surface area contributed by atoms with Crippen LogP contribution in [0.5, 0.6) is 0 Å². The van der Waals surface area contributed by atoms with Crippen LogP contribution in [0.2, 0.25) is 0 Å². The van der Waals surface area contributed by atoms with Crippen molar-refractivity contribution in [1.29, 1.82) is 0 Å². The van der Waals surface area contributed by atoms with E-state index in [1.165, 1.54) is 0 Å². The van der Waals surface area contributed by atoms with Gasteiger partial charge in [-0.15, -0.1) is 0 Å². The molecule has 0 aliphatic carbocycles. The maximum absolute atomic E-state index is 11.3. The Balaban J connectivity index is 2.15. The zero-order valence-corrected chi connectivity index (χ0v) is 8.07. The Morgan fingerprint density at radius 2 is 2.31 bits per heavy atom. The normalized spacial score (nSPS) is 10.2. The average molecular weight is 180 g/mol. The third-order valence-electron chi connectivity index (χ3n) is 2.02. The number of unbranched alkanes of at least 4 members (excludes halogenated alkanes) is 1. The van der Waals surface area contributed by atoms with E-state index in [9.17, 15) is 4.79 Å². The van der Waals surface area contributed by atoms with Crippen molar-refractivity contribution < 1.29 is 4.79 Å². The molecular weight excluding hydrogens is 164 g/mol. The van der Waals surface area contributed by atoms with E-state index < -0.39 is 0 Å². The number of imidazole rings is 1. The van der Waals surface area contributed by atoms with Gasteiger partial charge in [0.15, 0.2) is 0 Å². The van der Waals surface area contributed by atoms with Crippen molar-refractivity contribution in [2.24, 2.45) is 0 Å². The predicted molar refractivity (Wildman–Crippen MR) is 51.4 cm³/mol. The van der Waals surface area contributed by atoms with E-state index in [0.717, 1.165) is 25.8 Å². The van der Waals surface area contributed by atoms with Gasteiger partial charge in [-0.1, -0.05) is 13.3 Å². The summed E-state index contributed by atoms with van der Waals surface area (Å²) in [6.07, 6.45) is 8.83. The number of nitrogens with zero attached hydrogens (tertiary/aromatic N) is 2. The lowest BCUT2D eigenvalue weighted by molar-refractivity contribution is -0.119. The summed E-state index contributed by atoms with van der Waals surface area (Å²) in [5.74, 6) is 0.357. The number of aromatic nitrogens is 2. The Morgan fingerprint density at radius 1 is 1.46 bits per heavy atom. The first kappa shape index (κ1) is 9.96. The highest BCUT2D eigenvalue weighted by Gasteiger charge is 2.00. The second kappa shape index (κ2) is 5.51. The largest absolute Gasteiger partial charge is 0.337 e. The van der Waals surface area contributed by atoms with E-state index in [0.29, 0.717) is 12.2 Å². The molecule has 72 valence electrons. The van der Waals surface area contributed by atoms with Crippen molar-refractivity contribution >= 4 is 5.78 Å². The van der Waals surface area contributed by atoms with E-state index in [1.807, 2.05) is 10.8 Å². The van der Waals surface area contributed by atoms with Gasteiger partial charge in [-0.25, -0.2) is 4.98 Å². The SMILES string of the molecule is CCCCC(=O)CCn1ccnc1. The molecule has 0 fully saturated rings. The van der Waals surface area contributed by atoms with E-state index >= 15 is 0 Å². The molecule has 0 atom stereocenters. The lowest BCUT2D eigenvalue weighted by Gasteiger charge is -2.00. The summed E-state index contributed by atoms with van der Waals surface area (Å²) in [5, 5.41) is 0. The van der Waals surface area contributed by atoms with Gasteiger partial charge in [-0.2, -0.15) is 0 Å². The Kier molecular flexibility index (Phi) is 4.23. The highest BCUT2D eigenvalue weighted by atomic mass is 16.1. The summed E-state index contributed by atoms with van der Waals surface area (Å²) in [6, 6.07) is 0. The van der Waals surface area contributed by atoms with Gasteiger partial charge in [0.2, 0.25) is 0 Å².